The van der Waals surface area contributed by atoms with Gasteiger partial charge in [-0.2, -0.15) is 0 Å². The first kappa shape index (κ1) is 19.3. The third-order valence-corrected chi connectivity index (χ3v) is 5.67. The molecule has 0 aliphatic carbocycles. The second-order valence-electron chi connectivity index (χ2n) is 4.60. The van der Waals surface area contributed by atoms with Crippen molar-refractivity contribution in [1.29, 1.82) is 0 Å². The number of nitrogens with one attached hydrogen (secondary N) is 2. The van der Waals surface area contributed by atoms with Gasteiger partial charge in [0.05, 0.1) is 23.8 Å². The van der Waals surface area contributed by atoms with E-state index < -0.39 is 0 Å². The molecule has 0 spiro atoms. The average molecular weight is 401 g/mol. The fourth-order valence-corrected chi connectivity index (χ4v) is 3.99. The van der Waals surface area contributed by atoms with Crippen molar-refractivity contribution >= 4 is 57.4 Å². The molecule has 2 heterocycles. The van der Waals surface area contributed by atoms with Crippen molar-refractivity contribution in [1.82, 2.24) is 15.5 Å². The van der Waals surface area contributed by atoms with Crippen molar-refractivity contribution in [3.8, 4) is 0 Å². The van der Waals surface area contributed by atoms with Gasteiger partial charge in [-0.3, -0.25) is 19.7 Å². The molecule has 0 fully saturated rings. The van der Waals surface area contributed by atoms with E-state index in [4.69, 9.17) is 4.74 Å². The van der Waals surface area contributed by atoms with E-state index >= 15 is 0 Å². The molecule has 2 aromatic heterocycles. The van der Waals surface area contributed by atoms with Crippen molar-refractivity contribution in [3.05, 3.63) is 21.9 Å². The number of carbonyl (C=O) groups is 3. The van der Waals surface area contributed by atoms with E-state index in [-0.39, 0.29) is 23.5 Å². The van der Waals surface area contributed by atoms with Crippen LogP contribution in [0.15, 0.2) is 16.5 Å². The fourth-order valence-electron chi connectivity index (χ4n) is 1.61. The molecular formula is C14H16N4O4S3. The van der Waals surface area contributed by atoms with Crippen molar-refractivity contribution in [3.63, 3.8) is 0 Å². The Kier molecular flexibility index (Phi) is 7.34. The van der Waals surface area contributed by atoms with Crippen LogP contribution in [0.3, 0.4) is 0 Å². The Morgan fingerprint density at radius 1 is 1.24 bits per heavy atom. The number of nitrogens with zero attached hydrogens (tertiary/aromatic N) is 2. The summed E-state index contributed by atoms with van der Waals surface area (Å²) in [7, 11) is 0. The zero-order valence-electron chi connectivity index (χ0n) is 13.5. The second kappa shape index (κ2) is 9.49. The predicted octanol–water partition coefficient (Wildman–Crippen LogP) is 2.14. The van der Waals surface area contributed by atoms with Crippen molar-refractivity contribution in [2.75, 3.05) is 17.7 Å². The van der Waals surface area contributed by atoms with Gasteiger partial charge < -0.3 is 10.1 Å². The van der Waals surface area contributed by atoms with Crippen molar-refractivity contribution in [2.24, 2.45) is 0 Å². The van der Waals surface area contributed by atoms with Crippen LogP contribution in [0, 0.1) is 0 Å². The molecule has 0 aliphatic heterocycles. The number of hydrogen-bond donors (Lipinski definition) is 2. The summed E-state index contributed by atoms with van der Waals surface area (Å²) in [5, 5.41) is 13.5. The first-order valence-electron chi connectivity index (χ1n) is 7.24. The Morgan fingerprint density at radius 3 is 2.76 bits per heavy atom. The van der Waals surface area contributed by atoms with Gasteiger partial charge in [0, 0.05) is 11.8 Å². The van der Waals surface area contributed by atoms with Crippen LogP contribution in [0.1, 0.15) is 28.4 Å². The summed E-state index contributed by atoms with van der Waals surface area (Å²) in [5.41, 5.74) is 0. The monoisotopic (exact) mass is 400 g/mol. The fraction of sp³-hybridized carbons (Fsp3) is 0.357. The smallest absolute Gasteiger partial charge is 0.316 e. The number of rotatable bonds is 8. The predicted molar refractivity (Wildman–Crippen MR) is 97.1 cm³/mol. The Balaban J connectivity index is 1.86. The summed E-state index contributed by atoms with van der Waals surface area (Å²) < 4.78 is 5.40. The minimum Gasteiger partial charge on any atom is -0.465 e. The van der Waals surface area contributed by atoms with Gasteiger partial charge in [0.25, 0.3) is 5.91 Å². The molecule has 0 saturated carbocycles. The van der Waals surface area contributed by atoms with Gasteiger partial charge in [-0.05, 0) is 19.1 Å². The van der Waals surface area contributed by atoms with Crippen LogP contribution in [-0.2, 0) is 20.9 Å². The van der Waals surface area contributed by atoms with E-state index in [1.54, 1.807) is 19.1 Å². The molecule has 0 saturated heterocycles. The van der Waals surface area contributed by atoms with Gasteiger partial charge in [0.15, 0.2) is 4.34 Å². The second-order valence-corrected chi connectivity index (χ2v) is 7.96. The number of thioether (sulfide) groups is 1. The molecule has 2 rings (SSSR count). The van der Waals surface area contributed by atoms with Gasteiger partial charge >= 0.3 is 5.97 Å². The zero-order chi connectivity index (χ0) is 18.2. The molecule has 11 heteroatoms. The summed E-state index contributed by atoms with van der Waals surface area (Å²) in [5.74, 6) is -0.592. The topological polar surface area (TPSA) is 110 Å². The maximum atomic E-state index is 12.2. The maximum Gasteiger partial charge on any atom is 0.316 e. The van der Waals surface area contributed by atoms with Crippen LogP contribution in [0.25, 0.3) is 0 Å². The lowest BCUT2D eigenvalue weighted by atomic mass is 10.4. The number of amides is 2. The van der Waals surface area contributed by atoms with Gasteiger partial charge in [0.2, 0.25) is 11.0 Å². The van der Waals surface area contributed by atoms with E-state index in [9.17, 15) is 14.4 Å². The third-order valence-electron chi connectivity index (χ3n) is 2.64. The highest BCUT2D eigenvalue weighted by atomic mass is 32.2. The number of carbonyl (C=O) groups excluding carboxylic acids is 3. The van der Waals surface area contributed by atoms with Crippen molar-refractivity contribution < 1.29 is 19.1 Å². The molecule has 2 N–H and O–H groups in total. The Labute approximate surface area is 156 Å². The zero-order valence-corrected chi connectivity index (χ0v) is 16.0. The number of ether oxygens (including phenoxy) is 1. The highest BCUT2D eigenvalue weighted by molar-refractivity contribution is 8.01. The van der Waals surface area contributed by atoms with Crippen LogP contribution in [0.4, 0.5) is 5.13 Å². The van der Waals surface area contributed by atoms with E-state index in [1.807, 2.05) is 0 Å². The Morgan fingerprint density at radius 2 is 2.04 bits per heavy atom. The standard InChI is InChI=1S/C14H16N4O4S3/c1-3-22-11(20)7-23-14-18-17-13(25-14)16-12(21)10-5-4-9(24-10)6-15-8(2)19/h4-5H,3,6-7H2,1-2H3,(H,15,19)(H,16,17,21). The number of hydrogen-bond acceptors (Lipinski definition) is 9. The minimum atomic E-state index is -0.321. The minimum absolute atomic E-state index is 0.124. The molecule has 0 bridgehead atoms. The van der Waals surface area contributed by atoms with Crippen LogP contribution in [0.2, 0.25) is 0 Å². The van der Waals surface area contributed by atoms with E-state index in [0.29, 0.717) is 27.5 Å². The largest absolute Gasteiger partial charge is 0.465 e. The molecule has 0 aliphatic rings. The number of anilines is 1. The summed E-state index contributed by atoms with van der Waals surface area (Å²) in [6.45, 7) is 3.91. The Bertz CT molecular complexity index is 759. The van der Waals surface area contributed by atoms with Crippen LogP contribution in [0.5, 0.6) is 0 Å². The summed E-state index contributed by atoms with van der Waals surface area (Å²) in [6.07, 6.45) is 0. The quantitative estimate of drug-likeness (QED) is 0.397. The van der Waals surface area contributed by atoms with E-state index in [0.717, 1.165) is 4.88 Å². The lowest BCUT2D eigenvalue weighted by molar-refractivity contribution is -0.139. The molecule has 0 unspecified atom stereocenters. The molecule has 25 heavy (non-hydrogen) atoms. The molecule has 0 atom stereocenters. The normalized spacial score (nSPS) is 10.3. The molecule has 2 aromatic rings. The molecule has 0 radical (unpaired) electrons. The SMILES string of the molecule is CCOC(=O)CSc1nnc(NC(=O)c2ccc(CNC(C)=O)s2)s1. The Hall–Kier alpha value is -1.98. The third kappa shape index (κ3) is 6.44. The van der Waals surface area contributed by atoms with Gasteiger partial charge in [0.1, 0.15) is 0 Å². The van der Waals surface area contributed by atoms with Gasteiger partial charge in [-0.15, -0.1) is 21.5 Å². The number of thiophene rings is 1. The molecule has 0 aromatic carbocycles. The van der Waals surface area contributed by atoms with Gasteiger partial charge in [-0.25, -0.2) is 0 Å². The van der Waals surface area contributed by atoms with E-state index in [1.165, 1.54) is 41.4 Å². The molecular weight excluding hydrogens is 384 g/mol. The first-order chi connectivity index (χ1) is 12.0. The van der Waals surface area contributed by atoms with E-state index in [2.05, 4.69) is 20.8 Å². The maximum absolute atomic E-state index is 12.2. The summed E-state index contributed by atoms with van der Waals surface area (Å²) in [6, 6.07) is 3.48. The summed E-state index contributed by atoms with van der Waals surface area (Å²) in [4.78, 5) is 35.8. The van der Waals surface area contributed by atoms with Crippen LogP contribution >= 0.6 is 34.4 Å². The lowest BCUT2D eigenvalue weighted by Crippen LogP contribution is -2.18. The molecule has 2 amide bonds. The first-order valence-corrected chi connectivity index (χ1v) is 9.86. The summed E-state index contributed by atoms with van der Waals surface area (Å²) >= 11 is 3.68. The number of aromatic nitrogens is 2. The van der Waals surface area contributed by atoms with Crippen LogP contribution < -0.4 is 10.6 Å². The lowest BCUT2D eigenvalue weighted by Gasteiger charge is -1.99. The highest BCUT2D eigenvalue weighted by Gasteiger charge is 2.14. The van der Waals surface area contributed by atoms with Crippen molar-refractivity contribution in [2.45, 2.75) is 24.7 Å². The molecule has 8 nitrogen and oxygen atoms in total. The molecule has 134 valence electrons. The highest BCUT2D eigenvalue weighted by Crippen LogP contribution is 2.26. The van der Waals surface area contributed by atoms with Crippen LogP contribution in [-0.4, -0.2) is 40.3 Å². The average Bonchev–Trinajstić information content (AvgIpc) is 3.20. The number of esters is 1. The van der Waals surface area contributed by atoms with Gasteiger partial charge in [-0.1, -0.05) is 23.1 Å².